The van der Waals surface area contributed by atoms with Gasteiger partial charge in [0.2, 0.25) is 5.91 Å². The first-order valence-electron chi connectivity index (χ1n) is 9.58. The lowest BCUT2D eigenvalue weighted by Gasteiger charge is -2.37. The summed E-state index contributed by atoms with van der Waals surface area (Å²) < 4.78 is 58.2. The van der Waals surface area contributed by atoms with Crippen LogP contribution >= 0.6 is 0 Å². The normalized spacial score (nSPS) is 14.8. The minimum absolute atomic E-state index is 0.128. The molecule has 1 amide bonds. The number of anilines is 1. The van der Waals surface area contributed by atoms with Crippen molar-refractivity contribution in [1.29, 1.82) is 0 Å². The van der Waals surface area contributed by atoms with E-state index < -0.39 is 11.7 Å². The molecule has 1 heterocycles. The zero-order chi connectivity index (χ0) is 22.4. The third-order valence-corrected chi connectivity index (χ3v) is 4.95. The maximum absolute atomic E-state index is 13.3. The van der Waals surface area contributed by atoms with Gasteiger partial charge in [-0.3, -0.25) is 4.79 Å². The Labute approximate surface area is 176 Å². The standard InChI is InChI=1S/C21H21F4N3O3/c22-15-4-6-16(7-5-15)31-13-8-20(29)28-11-9-27(10-12-28)19-3-1-2-18(21(23,24)25)17(19)14-26-30/h1-7,14,30H,8-13H2/b26-14+. The number of halogens is 4. The molecule has 1 saturated heterocycles. The van der Waals surface area contributed by atoms with Crippen molar-refractivity contribution in [3.63, 3.8) is 0 Å². The molecule has 3 rings (SSSR count). The highest BCUT2D eigenvalue weighted by molar-refractivity contribution is 5.90. The van der Waals surface area contributed by atoms with E-state index in [1.54, 1.807) is 9.80 Å². The molecule has 0 unspecified atom stereocenters. The molecule has 10 heteroatoms. The van der Waals surface area contributed by atoms with Crippen molar-refractivity contribution in [2.24, 2.45) is 5.16 Å². The molecule has 0 radical (unpaired) electrons. The van der Waals surface area contributed by atoms with Crippen LogP contribution in [0.5, 0.6) is 5.75 Å². The summed E-state index contributed by atoms with van der Waals surface area (Å²) in [5.74, 6) is -0.0555. The molecule has 1 fully saturated rings. The number of benzene rings is 2. The largest absolute Gasteiger partial charge is 0.493 e. The van der Waals surface area contributed by atoms with E-state index >= 15 is 0 Å². The molecule has 0 atom stereocenters. The second-order valence-electron chi connectivity index (χ2n) is 6.90. The van der Waals surface area contributed by atoms with Crippen LogP contribution in [0.25, 0.3) is 0 Å². The summed E-state index contributed by atoms with van der Waals surface area (Å²) in [6.07, 6.45) is -3.68. The van der Waals surface area contributed by atoms with Crippen LogP contribution in [0, 0.1) is 5.82 Å². The molecule has 1 N–H and O–H groups in total. The molecular weight excluding hydrogens is 418 g/mol. The molecule has 0 aliphatic carbocycles. The summed E-state index contributed by atoms with van der Waals surface area (Å²) >= 11 is 0. The van der Waals surface area contributed by atoms with E-state index in [2.05, 4.69) is 5.16 Å². The molecular formula is C21H21F4N3O3. The van der Waals surface area contributed by atoms with E-state index in [-0.39, 0.29) is 30.3 Å². The third-order valence-electron chi connectivity index (χ3n) is 4.95. The molecule has 6 nitrogen and oxygen atoms in total. The van der Waals surface area contributed by atoms with E-state index in [9.17, 15) is 22.4 Å². The molecule has 0 bridgehead atoms. The summed E-state index contributed by atoms with van der Waals surface area (Å²) in [5, 5.41) is 11.6. The second kappa shape index (κ2) is 9.67. The van der Waals surface area contributed by atoms with Gasteiger partial charge in [-0.1, -0.05) is 11.2 Å². The van der Waals surface area contributed by atoms with Gasteiger partial charge in [0.1, 0.15) is 11.6 Å². The van der Waals surface area contributed by atoms with Crippen LogP contribution in [-0.2, 0) is 11.0 Å². The van der Waals surface area contributed by atoms with Crippen molar-refractivity contribution < 1.29 is 32.3 Å². The number of alkyl halides is 3. The van der Waals surface area contributed by atoms with Crippen LogP contribution in [0.15, 0.2) is 47.6 Å². The number of carbonyl (C=O) groups is 1. The van der Waals surface area contributed by atoms with E-state index in [4.69, 9.17) is 9.94 Å². The summed E-state index contributed by atoms with van der Waals surface area (Å²) in [6.45, 7) is 1.47. The molecule has 0 saturated carbocycles. The van der Waals surface area contributed by atoms with E-state index in [1.807, 2.05) is 0 Å². The Morgan fingerprint density at radius 3 is 2.39 bits per heavy atom. The average Bonchev–Trinajstić information content (AvgIpc) is 2.75. The number of piperazine rings is 1. The summed E-state index contributed by atoms with van der Waals surface area (Å²) in [6, 6.07) is 9.24. The van der Waals surface area contributed by atoms with Gasteiger partial charge in [0.15, 0.2) is 0 Å². The maximum atomic E-state index is 13.3. The predicted molar refractivity (Wildman–Crippen MR) is 106 cm³/mol. The Morgan fingerprint density at radius 2 is 1.77 bits per heavy atom. The number of ether oxygens (including phenoxy) is 1. The lowest BCUT2D eigenvalue weighted by atomic mass is 10.0. The molecule has 2 aromatic rings. The fraction of sp³-hybridized carbons (Fsp3) is 0.333. The van der Waals surface area contributed by atoms with Gasteiger partial charge in [-0.25, -0.2) is 4.39 Å². The molecule has 31 heavy (non-hydrogen) atoms. The Kier molecular flexibility index (Phi) is 6.98. The molecule has 0 aromatic heterocycles. The van der Waals surface area contributed by atoms with Gasteiger partial charge in [0.25, 0.3) is 0 Å². The fourth-order valence-electron chi connectivity index (χ4n) is 3.41. The van der Waals surface area contributed by atoms with Crippen molar-refractivity contribution in [2.45, 2.75) is 12.6 Å². The Bertz CT molecular complexity index is 924. The molecule has 166 valence electrons. The smallest absolute Gasteiger partial charge is 0.417 e. The molecule has 0 spiro atoms. The van der Waals surface area contributed by atoms with Gasteiger partial charge in [-0.15, -0.1) is 0 Å². The SMILES string of the molecule is O=C(CCOc1ccc(F)cc1)N1CCN(c2cccc(C(F)(F)F)c2/C=N/O)CC1. The Hall–Kier alpha value is -3.30. The highest BCUT2D eigenvalue weighted by atomic mass is 19.4. The first-order valence-corrected chi connectivity index (χ1v) is 9.58. The van der Waals surface area contributed by atoms with Gasteiger partial charge in [0, 0.05) is 37.4 Å². The van der Waals surface area contributed by atoms with Crippen LogP contribution in [-0.4, -0.2) is 55.0 Å². The number of rotatable bonds is 6. The minimum atomic E-state index is -4.59. The topological polar surface area (TPSA) is 65.4 Å². The highest BCUT2D eigenvalue weighted by Gasteiger charge is 2.35. The summed E-state index contributed by atoms with van der Waals surface area (Å²) in [7, 11) is 0. The van der Waals surface area contributed by atoms with E-state index in [0.29, 0.717) is 37.6 Å². The van der Waals surface area contributed by atoms with Crippen LogP contribution in [0.1, 0.15) is 17.5 Å². The number of hydrogen-bond donors (Lipinski definition) is 1. The van der Waals surface area contributed by atoms with E-state index in [0.717, 1.165) is 12.3 Å². The first-order chi connectivity index (χ1) is 14.8. The zero-order valence-corrected chi connectivity index (χ0v) is 16.5. The van der Waals surface area contributed by atoms with Crippen molar-refractivity contribution >= 4 is 17.8 Å². The van der Waals surface area contributed by atoms with Gasteiger partial charge >= 0.3 is 6.18 Å². The average molecular weight is 439 g/mol. The predicted octanol–water partition coefficient (Wildman–Crippen LogP) is 3.77. The minimum Gasteiger partial charge on any atom is -0.493 e. The van der Waals surface area contributed by atoms with Crippen molar-refractivity contribution in [1.82, 2.24) is 4.90 Å². The number of nitrogens with zero attached hydrogens (tertiary/aromatic N) is 3. The maximum Gasteiger partial charge on any atom is 0.417 e. The fourth-order valence-corrected chi connectivity index (χ4v) is 3.41. The summed E-state index contributed by atoms with van der Waals surface area (Å²) in [5.41, 5.74) is -0.816. The third kappa shape index (κ3) is 5.65. The first kappa shape index (κ1) is 22.4. The van der Waals surface area contributed by atoms with Crippen LogP contribution in [0.3, 0.4) is 0 Å². The molecule has 1 aliphatic rings. The monoisotopic (exact) mass is 439 g/mol. The van der Waals surface area contributed by atoms with Crippen LogP contribution in [0.4, 0.5) is 23.2 Å². The second-order valence-corrected chi connectivity index (χ2v) is 6.90. The molecule has 2 aromatic carbocycles. The quantitative estimate of drug-likeness (QED) is 0.322. The van der Waals surface area contributed by atoms with Crippen molar-refractivity contribution in [3.8, 4) is 5.75 Å². The molecule has 1 aliphatic heterocycles. The van der Waals surface area contributed by atoms with Crippen molar-refractivity contribution in [2.75, 3.05) is 37.7 Å². The number of oxime groups is 1. The van der Waals surface area contributed by atoms with Gasteiger partial charge in [0.05, 0.1) is 24.8 Å². The van der Waals surface area contributed by atoms with E-state index in [1.165, 1.54) is 36.4 Å². The lowest BCUT2D eigenvalue weighted by molar-refractivity contribution is -0.137. The number of amides is 1. The van der Waals surface area contributed by atoms with Gasteiger partial charge in [-0.2, -0.15) is 13.2 Å². The number of carbonyl (C=O) groups excluding carboxylic acids is 1. The van der Waals surface area contributed by atoms with Crippen LogP contribution < -0.4 is 9.64 Å². The zero-order valence-electron chi connectivity index (χ0n) is 16.5. The lowest BCUT2D eigenvalue weighted by Crippen LogP contribution is -2.49. The summed E-state index contributed by atoms with van der Waals surface area (Å²) in [4.78, 5) is 15.8. The van der Waals surface area contributed by atoms with Crippen molar-refractivity contribution in [3.05, 3.63) is 59.4 Å². The van der Waals surface area contributed by atoms with Gasteiger partial charge in [-0.05, 0) is 36.4 Å². The Balaban J connectivity index is 1.58. The van der Waals surface area contributed by atoms with Crippen LogP contribution in [0.2, 0.25) is 0 Å². The van der Waals surface area contributed by atoms with Gasteiger partial charge < -0.3 is 19.7 Å². The Morgan fingerprint density at radius 1 is 1.10 bits per heavy atom. The highest BCUT2D eigenvalue weighted by Crippen LogP contribution is 2.35. The number of hydrogen-bond acceptors (Lipinski definition) is 5.